The van der Waals surface area contributed by atoms with Gasteiger partial charge in [-0.1, -0.05) is 18.2 Å². The van der Waals surface area contributed by atoms with Crippen molar-refractivity contribution in [1.29, 1.82) is 0 Å². The normalized spacial score (nSPS) is 13.3. The minimum Gasteiger partial charge on any atom is -0.348 e. The van der Waals surface area contributed by atoms with Crippen molar-refractivity contribution in [2.75, 3.05) is 0 Å². The lowest BCUT2D eigenvalue weighted by molar-refractivity contribution is 0.0966. The van der Waals surface area contributed by atoms with Crippen molar-refractivity contribution >= 4 is 23.3 Å². The number of rotatable bonds is 0. The van der Waals surface area contributed by atoms with Crippen LogP contribution in [0.3, 0.4) is 0 Å². The summed E-state index contributed by atoms with van der Waals surface area (Å²) < 4.78 is 0. The van der Waals surface area contributed by atoms with Crippen LogP contribution in [0, 0.1) is 0 Å². The Morgan fingerprint density at radius 2 is 2.00 bits per heavy atom. The molecule has 1 aliphatic heterocycles. The fraction of sp³-hybridized carbons (Fsp3) is 0.125. The second kappa shape index (κ2) is 3.08. The van der Waals surface area contributed by atoms with Gasteiger partial charge in [0, 0.05) is 12.1 Å². The number of carbonyl (C=O) groups is 1. The lowest BCUT2D eigenvalue weighted by Gasteiger charge is -1.89. The maximum absolute atomic E-state index is 11.0. The summed E-state index contributed by atoms with van der Waals surface area (Å²) in [7, 11) is 0. The van der Waals surface area contributed by atoms with Crippen LogP contribution < -0.4 is 5.32 Å². The molecule has 0 aromatic heterocycles. The maximum Gasteiger partial charge on any atom is 0.251 e. The van der Waals surface area contributed by atoms with Gasteiger partial charge >= 0.3 is 0 Å². The molecule has 1 N–H and O–H groups in total. The molecule has 0 saturated carbocycles. The van der Waals surface area contributed by atoms with Crippen molar-refractivity contribution in [2.45, 2.75) is 6.54 Å². The topological polar surface area (TPSA) is 29.1 Å². The van der Waals surface area contributed by atoms with E-state index in [9.17, 15) is 4.79 Å². The molecule has 1 amide bonds. The first-order valence-corrected chi connectivity index (χ1v) is 3.24. The average Bonchev–Trinajstić information content (AvgIpc) is 2.34. The molecule has 2 nitrogen and oxygen atoms in total. The van der Waals surface area contributed by atoms with E-state index in [0.717, 1.165) is 11.1 Å². The van der Waals surface area contributed by atoms with Crippen molar-refractivity contribution in [3.63, 3.8) is 0 Å². The van der Waals surface area contributed by atoms with Gasteiger partial charge in [0.2, 0.25) is 0 Å². The van der Waals surface area contributed by atoms with Crippen LogP contribution in [-0.2, 0) is 6.54 Å². The Morgan fingerprint density at radius 3 is 2.73 bits per heavy atom. The van der Waals surface area contributed by atoms with E-state index in [4.69, 9.17) is 0 Å². The molecular weight excluding hydrogens is 153 g/mol. The molecule has 0 spiro atoms. The molecule has 1 heterocycles. The van der Waals surface area contributed by atoms with E-state index in [-0.39, 0.29) is 23.3 Å². The Labute approximate surface area is 75.7 Å². The molecule has 11 heavy (non-hydrogen) atoms. The van der Waals surface area contributed by atoms with E-state index in [1.807, 2.05) is 24.3 Å². The predicted molar refractivity (Wildman–Crippen MR) is 47.6 cm³/mol. The maximum atomic E-state index is 11.0. The number of carbonyl (C=O) groups excluding carboxylic acids is 1. The average molecular weight is 163 g/mol. The number of nitrogens with one attached hydrogen (secondary N) is 1. The highest BCUT2D eigenvalue weighted by Gasteiger charge is 2.16. The Balaban J connectivity index is 0.000000605. The molecule has 1 aromatic carbocycles. The van der Waals surface area contributed by atoms with Crippen molar-refractivity contribution < 1.29 is 4.79 Å². The zero-order chi connectivity index (χ0) is 6.97. The number of hydrogen-bond acceptors (Lipinski definition) is 1. The van der Waals surface area contributed by atoms with Crippen LogP contribution in [-0.4, -0.2) is 23.3 Å². The first-order valence-electron chi connectivity index (χ1n) is 3.24. The summed E-state index contributed by atoms with van der Waals surface area (Å²) in [5.74, 6) is 0.0515. The van der Waals surface area contributed by atoms with Crippen LogP contribution in [0.4, 0.5) is 0 Å². The third-order valence-corrected chi connectivity index (χ3v) is 1.70. The Bertz CT molecular complexity index is 285. The smallest absolute Gasteiger partial charge is 0.251 e. The van der Waals surface area contributed by atoms with Crippen LogP contribution in [0.25, 0.3) is 0 Å². The van der Waals surface area contributed by atoms with Gasteiger partial charge in [0.25, 0.3) is 5.91 Å². The lowest BCUT2D eigenvalue weighted by atomic mass is 10.1. The van der Waals surface area contributed by atoms with E-state index >= 15 is 0 Å². The molecule has 56 valence electrons. The Morgan fingerprint density at radius 1 is 1.27 bits per heavy atom. The molecule has 0 radical (unpaired) electrons. The number of fused-ring (bicyclic) bond motifs is 1. The lowest BCUT2D eigenvalue weighted by Crippen LogP contribution is -2.12. The summed E-state index contributed by atoms with van der Waals surface area (Å²) in [6, 6.07) is 7.63. The zero-order valence-electron chi connectivity index (χ0n) is 5.42. The fourth-order valence-corrected chi connectivity index (χ4v) is 1.17. The van der Waals surface area contributed by atoms with E-state index in [1.54, 1.807) is 0 Å². The highest BCUT2D eigenvalue weighted by molar-refractivity contribution is 5.98. The fourth-order valence-electron chi connectivity index (χ4n) is 1.17. The van der Waals surface area contributed by atoms with Gasteiger partial charge < -0.3 is 5.32 Å². The SMILES string of the molecule is O=C1NCc2ccccc21.[AlH3]. The van der Waals surface area contributed by atoms with Crippen LogP contribution >= 0.6 is 0 Å². The number of amides is 1. The zero-order valence-corrected chi connectivity index (χ0v) is 5.42. The van der Waals surface area contributed by atoms with Crippen LogP contribution in [0.15, 0.2) is 24.3 Å². The summed E-state index contributed by atoms with van der Waals surface area (Å²) >= 11 is 0. The first-order chi connectivity index (χ1) is 4.88. The number of hydrogen-bond donors (Lipinski definition) is 1. The van der Waals surface area contributed by atoms with Gasteiger partial charge in [-0.15, -0.1) is 0 Å². The van der Waals surface area contributed by atoms with Gasteiger partial charge in [-0.2, -0.15) is 0 Å². The van der Waals surface area contributed by atoms with E-state index < -0.39 is 0 Å². The van der Waals surface area contributed by atoms with Crippen LogP contribution in [0.5, 0.6) is 0 Å². The van der Waals surface area contributed by atoms with Gasteiger partial charge in [0.1, 0.15) is 0 Å². The quantitative estimate of drug-likeness (QED) is 0.525. The molecule has 0 bridgehead atoms. The van der Waals surface area contributed by atoms with Gasteiger partial charge in [-0.25, -0.2) is 0 Å². The molecule has 0 atom stereocenters. The van der Waals surface area contributed by atoms with Crippen molar-refractivity contribution in [3.8, 4) is 0 Å². The van der Waals surface area contributed by atoms with Gasteiger partial charge in [-0.3, -0.25) is 4.79 Å². The van der Waals surface area contributed by atoms with Gasteiger partial charge in [-0.05, 0) is 11.6 Å². The molecule has 0 unspecified atom stereocenters. The molecule has 0 fully saturated rings. The summed E-state index contributed by atoms with van der Waals surface area (Å²) in [6.45, 7) is 0.689. The monoisotopic (exact) mass is 163 g/mol. The Hall–Kier alpha value is -0.778. The van der Waals surface area contributed by atoms with E-state index in [0.29, 0.717) is 6.54 Å². The van der Waals surface area contributed by atoms with Crippen molar-refractivity contribution in [2.24, 2.45) is 0 Å². The summed E-state index contributed by atoms with van der Waals surface area (Å²) in [5, 5.41) is 2.75. The van der Waals surface area contributed by atoms with Crippen LogP contribution in [0.1, 0.15) is 15.9 Å². The Kier molecular flexibility index (Phi) is 2.33. The largest absolute Gasteiger partial charge is 0.348 e. The van der Waals surface area contributed by atoms with Crippen molar-refractivity contribution in [3.05, 3.63) is 35.4 Å². The molecule has 2 rings (SSSR count). The summed E-state index contributed by atoms with van der Waals surface area (Å²) in [6.07, 6.45) is 0. The predicted octanol–water partition coefficient (Wildman–Crippen LogP) is -0.254. The highest BCUT2D eigenvalue weighted by Crippen LogP contribution is 2.13. The number of benzene rings is 1. The molecule has 0 aliphatic carbocycles. The summed E-state index contributed by atoms with van der Waals surface area (Å²) in [5.41, 5.74) is 1.93. The minimum absolute atomic E-state index is 0. The van der Waals surface area contributed by atoms with Gasteiger partial charge in [0.15, 0.2) is 17.4 Å². The molecule has 3 heteroatoms. The van der Waals surface area contributed by atoms with Crippen molar-refractivity contribution in [1.82, 2.24) is 5.32 Å². The second-order valence-corrected chi connectivity index (χ2v) is 2.34. The second-order valence-electron chi connectivity index (χ2n) is 2.34. The highest BCUT2D eigenvalue weighted by atomic mass is 27.0. The standard InChI is InChI=1S/C8H7NO.Al.3H/c10-8-7-4-2-1-3-6(7)5-9-8;;;;/h1-4H,5H2,(H,9,10);;;;. The molecule has 1 aromatic rings. The van der Waals surface area contributed by atoms with E-state index in [1.165, 1.54) is 0 Å². The third-order valence-electron chi connectivity index (χ3n) is 1.70. The first kappa shape index (κ1) is 8.32. The van der Waals surface area contributed by atoms with Gasteiger partial charge in [0.05, 0.1) is 0 Å². The molecule has 1 aliphatic rings. The molecular formula is C8H10AlNO. The third kappa shape index (κ3) is 1.30. The minimum atomic E-state index is 0. The van der Waals surface area contributed by atoms with E-state index in [2.05, 4.69) is 5.32 Å². The van der Waals surface area contributed by atoms with Crippen LogP contribution in [0.2, 0.25) is 0 Å². The molecule has 0 saturated heterocycles. The summed E-state index contributed by atoms with van der Waals surface area (Å²) in [4.78, 5) is 11.0.